The van der Waals surface area contributed by atoms with E-state index in [0.29, 0.717) is 6.54 Å². The van der Waals surface area contributed by atoms with Gasteiger partial charge in [0.05, 0.1) is 5.69 Å². The van der Waals surface area contributed by atoms with E-state index in [1.54, 1.807) is 6.07 Å². The summed E-state index contributed by atoms with van der Waals surface area (Å²) < 4.78 is 14.2. The van der Waals surface area contributed by atoms with Crippen molar-refractivity contribution in [2.24, 2.45) is 5.92 Å². The Morgan fingerprint density at radius 3 is 2.50 bits per heavy atom. The minimum atomic E-state index is -0.111. The molecule has 0 aliphatic heterocycles. The zero-order chi connectivity index (χ0) is 14.8. The number of anilines is 1. The molecule has 0 saturated heterocycles. The van der Waals surface area contributed by atoms with Crippen molar-refractivity contribution < 1.29 is 4.39 Å². The molecule has 1 fully saturated rings. The first-order chi connectivity index (χ1) is 9.35. The molecule has 0 radical (unpaired) electrons. The highest BCUT2D eigenvalue weighted by Gasteiger charge is 2.20. The Morgan fingerprint density at radius 2 is 2.00 bits per heavy atom. The van der Waals surface area contributed by atoms with Crippen molar-refractivity contribution in [1.29, 1.82) is 0 Å². The molecule has 1 aromatic carbocycles. The number of halogens is 1. The SMILES string of the molecule is CN(CC1CCC1)c1ccc(CNC(C)(C)C)cc1F. The van der Waals surface area contributed by atoms with Crippen LogP contribution in [0.25, 0.3) is 0 Å². The first kappa shape index (κ1) is 15.3. The molecule has 0 spiro atoms. The van der Waals surface area contributed by atoms with E-state index in [1.165, 1.54) is 19.3 Å². The highest BCUT2D eigenvalue weighted by Crippen LogP contribution is 2.29. The Bertz CT molecular complexity index is 447. The smallest absolute Gasteiger partial charge is 0.146 e. The second kappa shape index (κ2) is 6.13. The fraction of sp³-hybridized carbons (Fsp3) is 0.647. The van der Waals surface area contributed by atoms with Gasteiger partial charge >= 0.3 is 0 Å². The van der Waals surface area contributed by atoms with E-state index in [4.69, 9.17) is 0 Å². The maximum Gasteiger partial charge on any atom is 0.146 e. The number of benzene rings is 1. The van der Waals surface area contributed by atoms with Gasteiger partial charge in [-0.1, -0.05) is 12.5 Å². The molecule has 1 aromatic rings. The van der Waals surface area contributed by atoms with E-state index in [0.717, 1.165) is 23.7 Å². The standard InChI is InChI=1S/C17H27FN2/c1-17(2,3)19-11-14-8-9-16(15(18)10-14)20(4)12-13-6-5-7-13/h8-10,13,19H,5-7,11-12H2,1-4H3. The molecule has 2 nitrogen and oxygen atoms in total. The number of rotatable bonds is 5. The largest absolute Gasteiger partial charge is 0.372 e. The first-order valence-corrected chi connectivity index (χ1v) is 7.60. The van der Waals surface area contributed by atoms with E-state index in [2.05, 4.69) is 31.0 Å². The van der Waals surface area contributed by atoms with E-state index >= 15 is 0 Å². The minimum absolute atomic E-state index is 0.0517. The molecule has 0 aromatic heterocycles. The minimum Gasteiger partial charge on any atom is -0.372 e. The van der Waals surface area contributed by atoms with Crippen molar-refractivity contribution in [3.05, 3.63) is 29.6 Å². The number of nitrogens with zero attached hydrogens (tertiary/aromatic N) is 1. The third kappa shape index (κ3) is 4.20. The molecule has 1 saturated carbocycles. The maximum absolute atomic E-state index is 14.2. The third-order valence-corrected chi connectivity index (χ3v) is 4.00. The molecule has 112 valence electrons. The van der Waals surface area contributed by atoms with Crippen LogP contribution in [0.3, 0.4) is 0 Å². The lowest BCUT2D eigenvalue weighted by molar-refractivity contribution is 0.321. The molecule has 0 amide bonds. The summed E-state index contributed by atoms with van der Waals surface area (Å²) >= 11 is 0. The molecule has 2 rings (SSSR count). The third-order valence-electron chi connectivity index (χ3n) is 4.00. The van der Waals surface area contributed by atoms with E-state index < -0.39 is 0 Å². The molecule has 3 heteroatoms. The normalized spacial score (nSPS) is 16.1. The maximum atomic E-state index is 14.2. The Labute approximate surface area is 122 Å². The van der Waals surface area contributed by atoms with Crippen LogP contribution in [0, 0.1) is 11.7 Å². The Balaban J connectivity index is 1.97. The van der Waals surface area contributed by atoms with Gasteiger partial charge in [-0.3, -0.25) is 0 Å². The topological polar surface area (TPSA) is 15.3 Å². The van der Waals surface area contributed by atoms with Crippen LogP contribution in [0.5, 0.6) is 0 Å². The van der Waals surface area contributed by atoms with Gasteiger partial charge in [0, 0.05) is 25.7 Å². The van der Waals surface area contributed by atoms with Gasteiger partial charge in [0.2, 0.25) is 0 Å². The Hall–Kier alpha value is -1.09. The fourth-order valence-corrected chi connectivity index (χ4v) is 2.50. The molecular weight excluding hydrogens is 251 g/mol. The molecule has 0 unspecified atom stereocenters. The van der Waals surface area contributed by atoms with Gasteiger partial charge in [-0.05, 0) is 57.2 Å². The zero-order valence-electron chi connectivity index (χ0n) is 13.2. The first-order valence-electron chi connectivity index (χ1n) is 7.60. The van der Waals surface area contributed by atoms with Crippen LogP contribution in [-0.2, 0) is 6.54 Å². The van der Waals surface area contributed by atoms with Gasteiger partial charge in [-0.2, -0.15) is 0 Å². The Morgan fingerprint density at radius 1 is 1.30 bits per heavy atom. The van der Waals surface area contributed by atoms with Crippen LogP contribution in [0.1, 0.15) is 45.6 Å². The molecular formula is C17H27FN2. The molecule has 1 aliphatic carbocycles. The highest BCUT2D eigenvalue weighted by molar-refractivity contribution is 5.48. The van der Waals surface area contributed by atoms with Crippen LogP contribution in [0.15, 0.2) is 18.2 Å². The number of nitrogens with one attached hydrogen (secondary N) is 1. The van der Waals surface area contributed by atoms with E-state index in [-0.39, 0.29) is 11.4 Å². The number of hydrogen-bond acceptors (Lipinski definition) is 2. The molecule has 1 aliphatic rings. The van der Waals surface area contributed by atoms with Gasteiger partial charge in [0.15, 0.2) is 0 Å². The second-order valence-electron chi connectivity index (χ2n) is 7.07. The molecule has 0 bridgehead atoms. The highest BCUT2D eigenvalue weighted by atomic mass is 19.1. The van der Waals surface area contributed by atoms with E-state index in [1.807, 2.05) is 19.2 Å². The lowest BCUT2D eigenvalue weighted by atomic mass is 9.85. The summed E-state index contributed by atoms with van der Waals surface area (Å²) in [6.07, 6.45) is 3.91. The van der Waals surface area contributed by atoms with Crippen molar-refractivity contribution >= 4 is 5.69 Å². The quantitative estimate of drug-likeness (QED) is 0.877. The van der Waals surface area contributed by atoms with Crippen LogP contribution in [-0.4, -0.2) is 19.1 Å². The summed E-state index contributed by atoms with van der Waals surface area (Å²) in [7, 11) is 1.99. The van der Waals surface area contributed by atoms with Gasteiger partial charge in [0.25, 0.3) is 0 Å². The summed E-state index contributed by atoms with van der Waals surface area (Å²) in [5, 5.41) is 3.38. The van der Waals surface area contributed by atoms with Gasteiger partial charge in [0.1, 0.15) is 5.82 Å². The summed E-state index contributed by atoms with van der Waals surface area (Å²) in [6, 6.07) is 5.59. The lowest BCUT2D eigenvalue weighted by Crippen LogP contribution is -2.35. The average molecular weight is 278 g/mol. The lowest BCUT2D eigenvalue weighted by Gasteiger charge is -2.31. The van der Waals surface area contributed by atoms with Gasteiger partial charge in [-0.15, -0.1) is 0 Å². The second-order valence-corrected chi connectivity index (χ2v) is 7.07. The van der Waals surface area contributed by atoms with Crippen LogP contribution in [0.4, 0.5) is 10.1 Å². The van der Waals surface area contributed by atoms with Gasteiger partial charge in [-0.25, -0.2) is 4.39 Å². The van der Waals surface area contributed by atoms with Crippen LogP contribution < -0.4 is 10.2 Å². The van der Waals surface area contributed by atoms with Gasteiger partial charge < -0.3 is 10.2 Å². The summed E-state index contributed by atoms with van der Waals surface area (Å²) in [4.78, 5) is 2.06. The van der Waals surface area contributed by atoms with Crippen molar-refractivity contribution in [3.63, 3.8) is 0 Å². The predicted molar refractivity (Wildman–Crippen MR) is 83.6 cm³/mol. The molecule has 0 atom stereocenters. The number of hydrogen-bond donors (Lipinski definition) is 1. The van der Waals surface area contributed by atoms with Crippen molar-refractivity contribution in [2.75, 3.05) is 18.5 Å². The monoisotopic (exact) mass is 278 g/mol. The van der Waals surface area contributed by atoms with Crippen molar-refractivity contribution in [3.8, 4) is 0 Å². The summed E-state index contributed by atoms with van der Waals surface area (Å²) in [5.41, 5.74) is 1.77. The van der Waals surface area contributed by atoms with Crippen molar-refractivity contribution in [1.82, 2.24) is 5.32 Å². The molecule has 20 heavy (non-hydrogen) atoms. The predicted octanol–water partition coefficient (Wildman–Crippen LogP) is 3.95. The van der Waals surface area contributed by atoms with Crippen LogP contribution >= 0.6 is 0 Å². The Kier molecular flexibility index (Phi) is 4.69. The van der Waals surface area contributed by atoms with Crippen LogP contribution in [0.2, 0.25) is 0 Å². The fourth-order valence-electron chi connectivity index (χ4n) is 2.50. The zero-order valence-corrected chi connectivity index (χ0v) is 13.2. The average Bonchev–Trinajstić information content (AvgIpc) is 2.30. The summed E-state index contributed by atoms with van der Waals surface area (Å²) in [5.74, 6) is 0.640. The summed E-state index contributed by atoms with van der Waals surface area (Å²) in [6.45, 7) is 8.02. The van der Waals surface area contributed by atoms with E-state index in [9.17, 15) is 4.39 Å². The van der Waals surface area contributed by atoms with Crippen molar-refractivity contribution in [2.45, 2.75) is 52.1 Å². The molecule has 1 N–H and O–H groups in total. The molecule has 0 heterocycles.